The summed E-state index contributed by atoms with van der Waals surface area (Å²) in [5.41, 5.74) is 2.38. The number of rotatable bonds is 7. The Labute approximate surface area is 155 Å². The fraction of sp³-hybridized carbons (Fsp3) is 0.412. The Hall–Kier alpha value is -1.57. The maximum absolute atomic E-state index is 4.57. The van der Waals surface area contributed by atoms with Gasteiger partial charge in [0.2, 0.25) is 0 Å². The third-order valence-corrected chi connectivity index (χ3v) is 3.40. The molecule has 3 N–H and O–H groups in total. The highest BCUT2D eigenvalue weighted by Crippen LogP contribution is 2.04. The van der Waals surface area contributed by atoms with Gasteiger partial charge in [-0.3, -0.25) is 5.10 Å². The molecule has 1 heterocycles. The SMILES string of the molecule is CCNC(=NCc1ccn[nH]1)NC(C)CCc1ccccc1.I. The van der Waals surface area contributed by atoms with E-state index < -0.39 is 0 Å². The minimum atomic E-state index is 0. The minimum absolute atomic E-state index is 0. The molecule has 0 bridgehead atoms. The number of nitrogens with zero attached hydrogens (tertiary/aromatic N) is 2. The first-order chi connectivity index (χ1) is 10.8. The smallest absolute Gasteiger partial charge is 0.191 e. The largest absolute Gasteiger partial charge is 0.357 e. The second kappa shape index (κ2) is 11.0. The molecule has 1 aromatic heterocycles. The number of aryl methyl sites for hydroxylation is 1. The number of benzene rings is 1. The van der Waals surface area contributed by atoms with Gasteiger partial charge in [0.1, 0.15) is 0 Å². The summed E-state index contributed by atoms with van der Waals surface area (Å²) >= 11 is 0. The van der Waals surface area contributed by atoms with Crippen LogP contribution in [0.4, 0.5) is 0 Å². The third-order valence-electron chi connectivity index (χ3n) is 3.40. The predicted octanol–water partition coefficient (Wildman–Crippen LogP) is 3.10. The number of aliphatic imine (C=N–C) groups is 1. The van der Waals surface area contributed by atoms with Crippen molar-refractivity contribution in [2.24, 2.45) is 4.99 Å². The van der Waals surface area contributed by atoms with Gasteiger partial charge < -0.3 is 10.6 Å². The highest BCUT2D eigenvalue weighted by molar-refractivity contribution is 14.0. The summed E-state index contributed by atoms with van der Waals surface area (Å²) < 4.78 is 0. The number of guanidine groups is 1. The maximum Gasteiger partial charge on any atom is 0.191 e. The number of nitrogens with one attached hydrogen (secondary N) is 3. The zero-order valence-corrected chi connectivity index (χ0v) is 16.1. The summed E-state index contributed by atoms with van der Waals surface area (Å²) in [5.74, 6) is 0.845. The van der Waals surface area contributed by atoms with Crippen molar-refractivity contribution in [2.75, 3.05) is 6.54 Å². The van der Waals surface area contributed by atoms with Crippen LogP contribution in [-0.2, 0) is 13.0 Å². The average molecular weight is 427 g/mol. The lowest BCUT2D eigenvalue weighted by Crippen LogP contribution is -2.42. The first kappa shape index (κ1) is 19.5. The van der Waals surface area contributed by atoms with Crippen molar-refractivity contribution in [3.63, 3.8) is 0 Å². The Balaban J connectivity index is 0.00000264. The van der Waals surface area contributed by atoms with E-state index in [9.17, 15) is 0 Å². The zero-order valence-electron chi connectivity index (χ0n) is 13.7. The zero-order chi connectivity index (χ0) is 15.6. The summed E-state index contributed by atoms with van der Waals surface area (Å²) in [6, 6.07) is 12.9. The number of aromatic amines is 1. The summed E-state index contributed by atoms with van der Waals surface area (Å²) in [6.45, 7) is 5.70. The number of H-pyrrole nitrogens is 1. The Bertz CT molecular complexity index is 554. The average Bonchev–Trinajstić information content (AvgIpc) is 3.05. The van der Waals surface area contributed by atoms with Gasteiger partial charge in [-0.25, -0.2) is 4.99 Å². The van der Waals surface area contributed by atoms with Gasteiger partial charge in [0.15, 0.2) is 5.96 Å². The molecule has 0 spiro atoms. The Kier molecular flexibility index (Phi) is 9.35. The Morgan fingerprint density at radius 2 is 2.04 bits per heavy atom. The van der Waals surface area contributed by atoms with Crippen LogP contribution >= 0.6 is 24.0 Å². The van der Waals surface area contributed by atoms with Gasteiger partial charge in [0.25, 0.3) is 0 Å². The van der Waals surface area contributed by atoms with Crippen LogP contribution in [0.25, 0.3) is 0 Å². The van der Waals surface area contributed by atoms with Gasteiger partial charge in [-0.15, -0.1) is 24.0 Å². The molecule has 1 unspecified atom stereocenters. The molecule has 2 aromatic rings. The van der Waals surface area contributed by atoms with Crippen LogP contribution in [0.5, 0.6) is 0 Å². The van der Waals surface area contributed by atoms with Crippen LogP contribution in [-0.4, -0.2) is 28.7 Å². The highest BCUT2D eigenvalue weighted by atomic mass is 127. The molecule has 0 aliphatic heterocycles. The van der Waals surface area contributed by atoms with Crippen molar-refractivity contribution in [3.05, 3.63) is 53.9 Å². The van der Waals surface area contributed by atoms with Gasteiger partial charge >= 0.3 is 0 Å². The first-order valence-corrected chi connectivity index (χ1v) is 7.85. The number of hydrogen-bond acceptors (Lipinski definition) is 2. The Morgan fingerprint density at radius 1 is 1.26 bits per heavy atom. The van der Waals surface area contributed by atoms with Crippen LogP contribution in [0.15, 0.2) is 47.6 Å². The standard InChI is InChI=1S/C17H25N5.HI/c1-3-18-17(19-13-16-11-12-20-22-16)21-14(2)9-10-15-7-5-4-6-8-15;/h4-8,11-12,14H,3,9-10,13H2,1-2H3,(H,20,22)(H2,18,19,21);1H. The van der Waals surface area contributed by atoms with Gasteiger partial charge in [-0.2, -0.15) is 5.10 Å². The fourth-order valence-electron chi connectivity index (χ4n) is 2.19. The van der Waals surface area contributed by atoms with Crippen LogP contribution in [0, 0.1) is 0 Å². The molecule has 126 valence electrons. The normalized spacial score (nSPS) is 12.3. The molecule has 1 aromatic carbocycles. The van der Waals surface area contributed by atoms with Crippen molar-refractivity contribution in [2.45, 2.75) is 39.3 Å². The summed E-state index contributed by atoms with van der Waals surface area (Å²) in [6.07, 6.45) is 3.88. The molecule has 0 radical (unpaired) electrons. The summed E-state index contributed by atoms with van der Waals surface area (Å²) in [7, 11) is 0. The molecule has 2 rings (SSSR count). The molecule has 23 heavy (non-hydrogen) atoms. The molecule has 0 amide bonds. The lowest BCUT2D eigenvalue weighted by Gasteiger charge is -2.17. The minimum Gasteiger partial charge on any atom is -0.357 e. The van der Waals surface area contributed by atoms with Gasteiger partial charge in [0.05, 0.1) is 12.2 Å². The molecule has 6 heteroatoms. The number of halogens is 1. The Morgan fingerprint density at radius 3 is 2.70 bits per heavy atom. The quantitative estimate of drug-likeness (QED) is 0.362. The monoisotopic (exact) mass is 427 g/mol. The molecule has 0 aliphatic carbocycles. The van der Waals surface area contributed by atoms with Gasteiger partial charge in [0, 0.05) is 18.8 Å². The van der Waals surface area contributed by atoms with E-state index in [-0.39, 0.29) is 24.0 Å². The molecule has 1 atom stereocenters. The van der Waals surface area contributed by atoms with E-state index in [0.29, 0.717) is 12.6 Å². The maximum atomic E-state index is 4.57. The molecule has 5 nitrogen and oxygen atoms in total. The first-order valence-electron chi connectivity index (χ1n) is 7.85. The van der Waals surface area contributed by atoms with Crippen LogP contribution in [0.2, 0.25) is 0 Å². The van der Waals surface area contributed by atoms with E-state index in [2.05, 4.69) is 70.0 Å². The van der Waals surface area contributed by atoms with Crippen molar-refractivity contribution in [3.8, 4) is 0 Å². The van der Waals surface area contributed by atoms with Crippen LogP contribution in [0.3, 0.4) is 0 Å². The van der Waals surface area contributed by atoms with Gasteiger partial charge in [-0.1, -0.05) is 30.3 Å². The lowest BCUT2D eigenvalue weighted by atomic mass is 10.1. The van der Waals surface area contributed by atoms with E-state index in [0.717, 1.165) is 31.0 Å². The summed E-state index contributed by atoms with van der Waals surface area (Å²) in [4.78, 5) is 4.57. The highest BCUT2D eigenvalue weighted by Gasteiger charge is 2.05. The second-order valence-electron chi connectivity index (χ2n) is 5.35. The van der Waals surface area contributed by atoms with E-state index in [1.165, 1.54) is 5.56 Å². The second-order valence-corrected chi connectivity index (χ2v) is 5.35. The van der Waals surface area contributed by atoms with Crippen molar-refractivity contribution >= 4 is 29.9 Å². The van der Waals surface area contributed by atoms with Crippen molar-refractivity contribution in [1.29, 1.82) is 0 Å². The fourth-order valence-corrected chi connectivity index (χ4v) is 2.19. The van der Waals surface area contributed by atoms with E-state index in [4.69, 9.17) is 0 Å². The molecule has 0 saturated carbocycles. The third kappa shape index (κ3) is 7.49. The van der Waals surface area contributed by atoms with Crippen LogP contribution in [0.1, 0.15) is 31.5 Å². The van der Waals surface area contributed by atoms with Gasteiger partial charge in [-0.05, 0) is 38.3 Å². The topological polar surface area (TPSA) is 65.1 Å². The number of hydrogen-bond donors (Lipinski definition) is 3. The summed E-state index contributed by atoms with van der Waals surface area (Å²) in [5, 5.41) is 13.6. The van der Waals surface area contributed by atoms with Crippen molar-refractivity contribution < 1.29 is 0 Å². The van der Waals surface area contributed by atoms with Crippen LogP contribution < -0.4 is 10.6 Å². The predicted molar refractivity (Wildman–Crippen MR) is 106 cm³/mol. The lowest BCUT2D eigenvalue weighted by molar-refractivity contribution is 0.593. The number of aromatic nitrogens is 2. The molecular weight excluding hydrogens is 401 g/mol. The van der Waals surface area contributed by atoms with Crippen molar-refractivity contribution in [1.82, 2.24) is 20.8 Å². The molecule has 0 saturated heterocycles. The van der Waals surface area contributed by atoms with E-state index in [1.54, 1.807) is 6.20 Å². The molecular formula is C17H26IN5. The molecule has 0 fully saturated rings. The van der Waals surface area contributed by atoms with E-state index >= 15 is 0 Å². The molecule has 0 aliphatic rings. The van der Waals surface area contributed by atoms with E-state index in [1.807, 2.05) is 6.07 Å².